The molecular weight excluding hydrogens is 128 g/mol. The minimum absolute atomic E-state index is 0.381. The topological polar surface area (TPSA) is 54.4 Å². The maximum Gasteiger partial charge on any atom is 0.270 e. The molecule has 1 N–H and O–H groups in total. The summed E-state index contributed by atoms with van der Waals surface area (Å²) in [4.78, 5) is 0. The molecule has 0 heterocycles. The molecule has 3 nitrogen and oxygen atoms in total. The summed E-state index contributed by atoms with van der Waals surface area (Å²) in [6.45, 7) is 5.09. The summed E-state index contributed by atoms with van der Waals surface area (Å²) < 4.78 is 27.3. The smallest absolute Gasteiger partial charge is 0.270 e. The maximum atomic E-state index is 10.1. The van der Waals surface area contributed by atoms with Gasteiger partial charge in [0.2, 0.25) is 0 Å². The van der Waals surface area contributed by atoms with Crippen molar-refractivity contribution in [1.82, 2.24) is 0 Å². The van der Waals surface area contributed by atoms with E-state index in [1.165, 1.54) is 0 Å². The first-order valence-corrected chi connectivity index (χ1v) is 3.66. The average molecular weight is 134 g/mol. The Hall–Kier alpha value is -0.0900. The van der Waals surface area contributed by atoms with Crippen molar-refractivity contribution in [3.63, 3.8) is 0 Å². The highest BCUT2D eigenvalue weighted by Gasteiger charge is 2.49. The zero-order valence-corrected chi connectivity index (χ0v) is 4.98. The van der Waals surface area contributed by atoms with Gasteiger partial charge in [0.25, 0.3) is 10.1 Å². The predicted octanol–water partition coefficient (Wildman–Crippen LogP) is 0.118. The monoisotopic (exact) mass is 134 g/mol. The Morgan fingerprint density at radius 3 is 1.88 bits per heavy atom. The fourth-order valence-corrected chi connectivity index (χ4v) is 0.999. The SMILES string of the molecule is [CH]C1(S(=O)(=O)O)CC1. The lowest BCUT2D eigenvalue weighted by Crippen LogP contribution is -2.17. The van der Waals surface area contributed by atoms with Gasteiger partial charge in [-0.1, -0.05) is 0 Å². The summed E-state index contributed by atoms with van der Waals surface area (Å²) in [5.74, 6) is 0. The van der Waals surface area contributed by atoms with Gasteiger partial charge in [-0.3, -0.25) is 4.55 Å². The molecule has 1 aliphatic carbocycles. The van der Waals surface area contributed by atoms with Crippen molar-refractivity contribution in [2.45, 2.75) is 17.6 Å². The minimum Gasteiger partial charge on any atom is -0.285 e. The standard InChI is InChI=1S/C4H6O3S/c1-4(2-3-4)8(5,6)7/h1H,2-3H2,(H,5,6,7). The third-order valence-electron chi connectivity index (χ3n) is 1.26. The molecule has 1 fully saturated rings. The molecule has 1 aliphatic rings. The van der Waals surface area contributed by atoms with Gasteiger partial charge in [-0.2, -0.15) is 8.42 Å². The Labute approximate surface area is 48.5 Å². The summed E-state index contributed by atoms with van der Waals surface area (Å²) in [6.07, 6.45) is 0.762. The highest BCUT2D eigenvalue weighted by atomic mass is 32.2. The van der Waals surface area contributed by atoms with Crippen LogP contribution >= 0.6 is 0 Å². The molecule has 0 aromatic heterocycles. The second kappa shape index (κ2) is 1.25. The van der Waals surface area contributed by atoms with Crippen molar-refractivity contribution >= 4 is 10.1 Å². The van der Waals surface area contributed by atoms with Crippen LogP contribution in [0.3, 0.4) is 0 Å². The quantitative estimate of drug-likeness (QED) is 0.518. The lowest BCUT2D eigenvalue weighted by Gasteiger charge is -1.98. The third-order valence-corrected chi connectivity index (χ3v) is 2.69. The van der Waals surface area contributed by atoms with Gasteiger partial charge < -0.3 is 0 Å². The molecule has 1 rings (SSSR count). The first kappa shape index (κ1) is 6.04. The molecule has 0 atom stereocenters. The van der Waals surface area contributed by atoms with Crippen LogP contribution in [0.1, 0.15) is 12.8 Å². The first-order valence-electron chi connectivity index (χ1n) is 2.22. The van der Waals surface area contributed by atoms with Crippen LogP contribution in [0, 0.1) is 6.92 Å². The van der Waals surface area contributed by atoms with Crippen LogP contribution in [-0.4, -0.2) is 17.7 Å². The second-order valence-corrected chi connectivity index (χ2v) is 3.80. The minimum atomic E-state index is -3.95. The van der Waals surface area contributed by atoms with E-state index in [1.54, 1.807) is 0 Å². The summed E-state index contributed by atoms with van der Waals surface area (Å²) in [5, 5.41) is 0. The van der Waals surface area contributed by atoms with Gasteiger partial charge in [0.1, 0.15) is 4.75 Å². The molecule has 2 radical (unpaired) electrons. The Kier molecular flexibility index (Phi) is 0.941. The van der Waals surface area contributed by atoms with E-state index in [9.17, 15) is 8.42 Å². The van der Waals surface area contributed by atoms with E-state index >= 15 is 0 Å². The zero-order valence-electron chi connectivity index (χ0n) is 4.16. The normalized spacial score (nSPS) is 25.2. The first-order chi connectivity index (χ1) is 3.46. The summed E-state index contributed by atoms with van der Waals surface area (Å²) >= 11 is 0. The van der Waals surface area contributed by atoms with E-state index < -0.39 is 14.9 Å². The van der Waals surface area contributed by atoms with Crippen LogP contribution in [0.2, 0.25) is 0 Å². The molecular formula is C4H6O3S. The van der Waals surface area contributed by atoms with Crippen LogP contribution in [0.15, 0.2) is 0 Å². The number of rotatable bonds is 1. The lowest BCUT2D eigenvalue weighted by molar-refractivity contribution is 0.472. The van der Waals surface area contributed by atoms with Crippen LogP contribution in [0.5, 0.6) is 0 Å². The van der Waals surface area contributed by atoms with Crippen molar-refractivity contribution < 1.29 is 13.0 Å². The average Bonchev–Trinajstić information content (AvgIpc) is 2.16. The third kappa shape index (κ3) is 0.736. The summed E-state index contributed by atoms with van der Waals surface area (Å²) in [7, 11) is -3.95. The number of hydrogen-bond donors (Lipinski definition) is 1. The molecule has 4 heteroatoms. The van der Waals surface area contributed by atoms with Gasteiger partial charge in [-0.05, 0) is 19.8 Å². The van der Waals surface area contributed by atoms with Crippen molar-refractivity contribution in [3.8, 4) is 0 Å². The van der Waals surface area contributed by atoms with Gasteiger partial charge >= 0.3 is 0 Å². The van der Waals surface area contributed by atoms with E-state index in [2.05, 4.69) is 0 Å². The number of hydrogen-bond acceptors (Lipinski definition) is 2. The fourth-order valence-electron chi connectivity index (χ4n) is 0.381. The molecule has 0 aliphatic heterocycles. The predicted molar refractivity (Wildman–Crippen MR) is 27.8 cm³/mol. The molecule has 0 aromatic carbocycles. The van der Waals surface area contributed by atoms with E-state index in [-0.39, 0.29) is 0 Å². The van der Waals surface area contributed by atoms with E-state index in [4.69, 9.17) is 11.5 Å². The summed E-state index contributed by atoms with van der Waals surface area (Å²) in [5.41, 5.74) is 0. The van der Waals surface area contributed by atoms with Gasteiger partial charge in [-0.15, -0.1) is 0 Å². The maximum absolute atomic E-state index is 10.1. The molecule has 0 bridgehead atoms. The highest BCUT2D eigenvalue weighted by molar-refractivity contribution is 7.87. The highest BCUT2D eigenvalue weighted by Crippen LogP contribution is 2.41. The molecule has 0 unspecified atom stereocenters. The molecule has 0 aromatic rings. The van der Waals surface area contributed by atoms with E-state index in [1.807, 2.05) is 0 Å². The molecule has 8 heavy (non-hydrogen) atoms. The Morgan fingerprint density at radius 1 is 1.50 bits per heavy atom. The summed E-state index contributed by atoms with van der Waals surface area (Å²) in [6, 6.07) is 0. The van der Waals surface area contributed by atoms with Crippen molar-refractivity contribution in [2.75, 3.05) is 0 Å². The van der Waals surface area contributed by atoms with Gasteiger partial charge in [0.15, 0.2) is 0 Å². The largest absolute Gasteiger partial charge is 0.285 e. The van der Waals surface area contributed by atoms with Gasteiger partial charge in [0.05, 0.1) is 0 Å². The molecule has 0 saturated heterocycles. The van der Waals surface area contributed by atoms with Crippen molar-refractivity contribution in [2.24, 2.45) is 0 Å². The molecule has 1 saturated carbocycles. The van der Waals surface area contributed by atoms with Crippen LogP contribution in [0.25, 0.3) is 0 Å². The van der Waals surface area contributed by atoms with Crippen molar-refractivity contribution in [1.29, 1.82) is 0 Å². The lowest BCUT2D eigenvalue weighted by atomic mass is 10.5. The van der Waals surface area contributed by atoms with Gasteiger partial charge in [0, 0.05) is 0 Å². The molecule has 0 spiro atoms. The molecule has 0 amide bonds. The second-order valence-electron chi connectivity index (χ2n) is 2.04. The fraction of sp³-hybridized carbons (Fsp3) is 0.750. The van der Waals surface area contributed by atoms with Gasteiger partial charge in [-0.25, -0.2) is 0 Å². The Morgan fingerprint density at radius 2 is 1.88 bits per heavy atom. The molecule has 46 valence electrons. The van der Waals surface area contributed by atoms with Crippen molar-refractivity contribution in [3.05, 3.63) is 6.92 Å². The van der Waals surface area contributed by atoms with Crippen LogP contribution in [-0.2, 0) is 10.1 Å². The zero-order chi connectivity index (χ0) is 6.41. The Bertz CT molecular complexity index is 187. The Balaban J connectivity index is 2.90. The van der Waals surface area contributed by atoms with Crippen LogP contribution in [0.4, 0.5) is 0 Å². The van der Waals surface area contributed by atoms with E-state index in [0.717, 1.165) is 0 Å². The van der Waals surface area contributed by atoms with Crippen LogP contribution < -0.4 is 0 Å². The van der Waals surface area contributed by atoms with E-state index in [0.29, 0.717) is 12.8 Å².